The van der Waals surface area contributed by atoms with Crippen molar-refractivity contribution >= 4 is 19.7 Å². The van der Waals surface area contributed by atoms with Gasteiger partial charge in [0, 0.05) is 22.8 Å². The molecule has 0 fully saturated rings. The summed E-state index contributed by atoms with van der Waals surface area (Å²) in [5, 5.41) is 18.2. The summed E-state index contributed by atoms with van der Waals surface area (Å²) in [5.74, 6) is -0.563. The van der Waals surface area contributed by atoms with Crippen LogP contribution >= 0.6 is 10.7 Å². The number of benzene rings is 1. The Morgan fingerprint density at radius 2 is 2.13 bits per heavy atom. The standard InChI is InChI=1S/C8H7ClN2O3S/c9-15(13,14)8-6(4-11)2-1-5(3-10)7(8)12/h1-2,12H,3,10H2. The zero-order valence-corrected chi connectivity index (χ0v) is 9.01. The number of nitrogens with two attached hydrogens (primary N) is 1. The molecule has 0 aromatic heterocycles. The van der Waals surface area contributed by atoms with Gasteiger partial charge in [-0.2, -0.15) is 5.26 Å². The molecule has 0 amide bonds. The summed E-state index contributed by atoms with van der Waals surface area (Å²) in [4.78, 5) is -0.588. The molecule has 0 aliphatic carbocycles. The first-order valence-corrected chi connectivity index (χ1v) is 6.12. The molecule has 0 unspecified atom stereocenters. The monoisotopic (exact) mass is 246 g/mol. The van der Waals surface area contributed by atoms with Gasteiger partial charge in [0.05, 0.1) is 5.56 Å². The number of phenols is 1. The number of hydrogen-bond donors (Lipinski definition) is 2. The van der Waals surface area contributed by atoms with Crippen LogP contribution in [0, 0.1) is 11.3 Å². The number of rotatable bonds is 2. The van der Waals surface area contributed by atoms with E-state index < -0.39 is 19.7 Å². The molecule has 0 radical (unpaired) electrons. The molecule has 0 spiro atoms. The largest absolute Gasteiger partial charge is 0.506 e. The van der Waals surface area contributed by atoms with E-state index in [-0.39, 0.29) is 17.7 Å². The molecule has 80 valence electrons. The van der Waals surface area contributed by atoms with Crippen molar-refractivity contribution in [1.82, 2.24) is 0 Å². The van der Waals surface area contributed by atoms with E-state index in [0.29, 0.717) is 0 Å². The van der Waals surface area contributed by atoms with Gasteiger partial charge in [-0.3, -0.25) is 0 Å². The fourth-order valence-corrected chi connectivity index (χ4v) is 2.32. The van der Waals surface area contributed by atoms with E-state index in [1.807, 2.05) is 0 Å². The maximum absolute atomic E-state index is 11.1. The van der Waals surface area contributed by atoms with E-state index in [2.05, 4.69) is 0 Å². The molecule has 0 saturated heterocycles. The number of halogens is 1. The van der Waals surface area contributed by atoms with Crippen LogP contribution in [0.4, 0.5) is 0 Å². The Morgan fingerprint density at radius 1 is 1.53 bits per heavy atom. The van der Waals surface area contributed by atoms with Crippen LogP contribution in [0.25, 0.3) is 0 Å². The van der Waals surface area contributed by atoms with Crippen molar-refractivity contribution in [3.8, 4) is 11.8 Å². The molecule has 0 bridgehead atoms. The maximum Gasteiger partial charge on any atom is 0.266 e. The molecule has 0 saturated carbocycles. The number of nitrogens with zero attached hydrogens (tertiary/aromatic N) is 1. The molecule has 1 rings (SSSR count). The van der Waals surface area contributed by atoms with Gasteiger partial charge in [-0.25, -0.2) is 8.42 Å². The van der Waals surface area contributed by atoms with Gasteiger partial charge in [-0.1, -0.05) is 6.07 Å². The number of aromatic hydroxyl groups is 1. The fraction of sp³-hybridized carbons (Fsp3) is 0.125. The van der Waals surface area contributed by atoms with E-state index >= 15 is 0 Å². The molecule has 3 N–H and O–H groups in total. The van der Waals surface area contributed by atoms with Crippen LogP contribution in [0.15, 0.2) is 17.0 Å². The van der Waals surface area contributed by atoms with Gasteiger partial charge >= 0.3 is 0 Å². The average molecular weight is 247 g/mol. The minimum absolute atomic E-state index is 0.0447. The van der Waals surface area contributed by atoms with Crippen LogP contribution in [0.3, 0.4) is 0 Å². The molecule has 0 heterocycles. The normalized spacial score (nSPS) is 11.0. The van der Waals surface area contributed by atoms with Gasteiger partial charge in [0.1, 0.15) is 16.7 Å². The van der Waals surface area contributed by atoms with Gasteiger partial charge in [0.15, 0.2) is 0 Å². The van der Waals surface area contributed by atoms with E-state index in [1.54, 1.807) is 6.07 Å². The first kappa shape index (κ1) is 11.8. The lowest BCUT2D eigenvalue weighted by molar-refractivity contribution is 0.452. The highest BCUT2D eigenvalue weighted by Crippen LogP contribution is 2.32. The molecule has 0 aliphatic heterocycles. The predicted octanol–water partition coefficient (Wildman–Crippen LogP) is 0.650. The van der Waals surface area contributed by atoms with E-state index in [0.717, 1.165) is 0 Å². The smallest absolute Gasteiger partial charge is 0.266 e. The zero-order chi connectivity index (χ0) is 11.6. The van der Waals surface area contributed by atoms with Gasteiger partial charge in [-0.15, -0.1) is 0 Å². The van der Waals surface area contributed by atoms with Crippen molar-refractivity contribution in [2.45, 2.75) is 11.4 Å². The Hall–Kier alpha value is -1.29. The molecule has 5 nitrogen and oxygen atoms in total. The van der Waals surface area contributed by atoms with Crippen molar-refractivity contribution < 1.29 is 13.5 Å². The van der Waals surface area contributed by atoms with Crippen LogP contribution in [0.5, 0.6) is 5.75 Å². The van der Waals surface area contributed by atoms with Gasteiger partial charge < -0.3 is 10.8 Å². The van der Waals surface area contributed by atoms with E-state index in [1.165, 1.54) is 12.1 Å². The summed E-state index contributed by atoms with van der Waals surface area (Å²) in [6.45, 7) is -0.0447. The van der Waals surface area contributed by atoms with Crippen LogP contribution in [0.2, 0.25) is 0 Å². The van der Waals surface area contributed by atoms with Crippen molar-refractivity contribution in [1.29, 1.82) is 5.26 Å². The Balaban J connectivity index is 3.67. The Morgan fingerprint density at radius 3 is 2.53 bits per heavy atom. The number of nitriles is 1. The summed E-state index contributed by atoms with van der Waals surface area (Å²) in [6.07, 6.45) is 0. The fourth-order valence-electron chi connectivity index (χ4n) is 1.11. The number of hydrogen-bond acceptors (Lipinski definition) is 5. The summed E-state index contributed by atoms with van der Waals surface area (Å²) in [5.41, 5.74) is 5.28. The van der Waals surface area contributed by atoms with Gasteiger partial charge in [0.2, 0.25) is 0 Å². The molecular formula is C8H7ClN2O3S. The van der Waals surface area contributed by atoms with Gasteiger partial charge in [-0.05, 0) is 6.07 Å². The quantitative estimate of drug-likeness (QED) is 0.746. The topological polar surface area (TPSA) is 104 Å². The van der Waals surface area contributed by atoms with E-state index in [4.69, 9.17) is 21.7 Å². The molecule has 0 aliphatic rings. The lowest BCUT2D eigenvalue weighted by Crippen LogP contribution is -2.02. The third-order valence-electron chi connectivity index (χ3n) is 1.80. The first-order chi connectivity index (χ1) is 6.91. The highest BCUT2D eigenvalue weighted by Gasteiger charge is 2.22. The zero-order valence-electron chi connectivity index (χ0n) is 7.44. The van der Waals surface area contributed by atoms with E-state index in [9.17, 15) is 13.5 Å². The lowest BCUT2D eigenvalue weighted by Gasteiger charge is -2.07. The summed E-state index contributed by atoms with van der Waals surface area (Å²) in [6, 6.07) is 4.25. The third kappa shape index (κ3) is 2.21. The van der Waals surface area contributed by atoms with Crippen LogP contribution in [-0.4, -0.2) is 13.5 Å². The van der Waals surface area contributed by atoms with Crippen molar-refractivity contribution in [3.63, 3.8) is 0 Å². The highest BCUT2D eigenvalue weighted by atomic mass is 35.7. The molecule has 1 aromatic rings. The van der Waals surface area contributed by atoms with Crippen molar-refractivity contribution in [2.24, 2.45) is 5.73 Å². The minimum Gasteiger partial charge on any atom is -0.506 e. The molecule has 0 atom stereocenters. The molecule has 1 aromatic carbocycles. The molecular weight excluding hydrogens is 240 g/mol. The second kappa shape index (κ2) is 4.06. The van der Waals surface area contributed by atoms with Crippen LogP contribution < -0.4 is 5.73 Å². The maximum atomic E-state index is 11.1. The average Bonchev–Trinajstić information content (AvgIpc) is 2.15. The summed E-state index contributed by atoms with van der Waals surface area (Å²) in [7, 11) is 0.932. The summed E-state index contributed by atoms with van der Waals surface area (Å²) >= 11 is 0. The first-order valence-electron chi connectivity index (χ1n) is 3.81. The Kier molecular flexibility index (Phi) is 3.19. The SMILES string of the molecule is N#Cc1ccc(CN)c(O)c1S(=O)(=O)Cl. The van der Waals surface area contributed by atoms with Crippen molar-refractivity contribution in [2.75, 3.05) is 0 Å². The predicted molar refractivity (Wildman–Crippen MR) is 53.8 cm³/mol. The number of phenolic OH excluding ortho intramolecular Hbond substituents is 1. The second-order valence-corrected chi connectivity index (χ2v) is 5.21. The van der Waals surface area contributed by atoms with Crippen LogP contribution in [-0.2, 0) is 15.6 Å². The highest BCUT2D eigenvalue weighted by molar-refractivity contribution is 8.13. The Bertz CT molecular complexity index is 534. The van der Waals surface area contributed by atoms with Crippen LogP contribution in [0.1, 0.15) is 11.1 Å². The van der Waals surface area contributed by atoms with Crippen molar-refractivity contribution in [3.05, 3.63) is 23.3 Å². The summed E-state index contributed by atoms with van der Waals surface area (Å²) < 4.78 is 22.2. The molecule has 7 heteroatoms. The third-order valence-corrected chi connectivity index (χ3v) is 3.16. The van der Waals surface area contributed by atoms with Gasteiger partial charge in [0.25, 0.3) is 9.05 Å². The minimum atomic E-state index is -4.16. The lowest BCUT2D eigenvalue weighted by atomic mass is 10.1. The molecule has 15 heavy (non-hydrogen) atoms. The Labute approximate surface area is 91.1 Å². The second-order valence-electron chi connectivity index (χ2n) is 2.70.